The first-order chi connectivity index (χ1) is 8.03. The number of rotatable bonds is 7. The second-order valence-corrected chi connectivity index (χ2v) is 6.54. The van der Waals surface area contributed by atoms with E-state index in [-0.39, 0.29) is 6.04 Å². The highest BCUT2D eigenvalue weighted by Crippen LogP contribution is 2.39. The summed E-state index contributed by atoms with van der Waals surface area (Å²) in [4.78, 5) is 11.6. The Balaban J connectivity index is 2.68. The number of hydrogen-bond acceptors (Lipinski definition) is 3. The molecule has 1 aliphatic rings. The van der Waals surface area contributed by atoms with Gasteiger partial charge in [-0.2, -0.15) is 11.8 Å². The minimum absolute atomic E-state index is 0.227. The van der Waals surface area contributed by atoms with Crippen LogP contribution in [0.4, 0.5) is 0 Å². The number of aliphatic carboxylic acids is 1. The standard InChI is InChI=1S/C13H25NO2S/c1-4-17-9-7-11-6-5-8-13(11,12(15)16)14-10(2)3/h10-11,14H,4-9H2,1-3H3,(H,15,16). The molecule has 1 rings (SSSR count). The fraction of sp³-hybridized carbons (Fsp3) is 0.923. The molecule has 2 atom stereocenters. The first-order valence-corrected chi connectivity index (χ1v) is 7.77. The third kappa shape index (κ3) is 3.62. The average Bonchev–Trinajstić information content (AvgIpc) is 2.62. The summed E-state index contributed by atoms with van der Waals surface area (Å²) >= 11 is 1.91. The molecule has 0 aliphatic heterocycles. The van der Waals surface area contributed by atoms with Gasteiger partial charge in [-0.25, -0.2) is 0 Å². The molecule has 0 heterocycles. The molecule has 0 spiro atoms. The van der Waals surface area contributed by atoms with Crippen LogP contribution in [0, 0.1) is 5.92 Å². The lowest BCUT2D eigenvalue weighted by atomic mass is 9.84. The van der Waals surface area contributed by atoms with Gasteiger partial charge in [0.15, 0.2) is 0 Å². The van der Waals surface area contributed by atoms with Crippen molar-refractivity contribution in [2.75, 3.05) is 11.5 Å². The average molecular weight is 259 g/mol. The Kier molecular flexibility index (Phi) is 5.80. The molecule has 4 heteroatoms. The van der Waals surface area contributed by atoms with Gasteiger partial charge in [-0.3, -0.25) is 10.1 Å². The van der Waals surface area contributed by atoms with Gasteiger partial charge >= 0.3 is 5.97 Å². The summed E-state index contributed by atoms with van der Waals surface area (Å²) in [6.45, 7) is 6.21. The molecule has 0 saturated heterocycles. The van der Waals surface area contributed by atoms with Crippen molar-refractivity contribution in [3.8, 4) is 0 Å². The predicted molar refractivity (Wildman–Crippen MR) is 73.6 cm³/mol. The van der Waals surface area contributed by atoms with E-state index in [1.165, 1.54) is 0 Å². The first kappa shape index (κ1) is 14.8. The van der Waals surface area contributed by atoms with E-state index in [1.807, 2.05) is 25.6 Å². The van der Waals surface area contributed by atoms with Crippen molar-refractivity contribution in [1.29, 1.82) is 0 Å². The van der Waals surface area contributed by atoms with Crippen molar-refractivity contribution in [3.05, 3.63) is 0 Å². The van der Waals surface area contributed by atoms with E-state index in [0.717, 1.165) is 37.2 Å². The Hall–Kier alpha value is -0.220. The lowest BCUT2D eigenvalue weighted by Crippen LogP contribution is -2.57. The van der Waals surface area contributed by atoms with Crippen molar-refractivity contribution >= 4 is 17.7 Å². The summed E-state index contributed by atoms with van der Waals surface area (Å²) in [5.74, 6) is 1.83. The Morgan fingerprint density at radius 3 is 2.82 bits per heavy atom. The molecule has 1 saturated carbocycles. The number of thioether (sulfide) groups is 1. The molecule has 3 nitrogen and oxygen atoms in total. The smallest absolute Gasteiger partial charge is 0.324 e. The summed E-state index contributed by atoms with van der Waals surface area (Å²) in [6, 6.07) is 0.227. The van der Waals surface area contributed by atoms with Gasteiger partial charge in [0.1, 0.15) is 5.54 Å². The summed E-state index contributed by atoms with van der Waals surface area (Å²) < 4.78 is 0. The van der Waals surface area contributed by atoms with E-state index in [1.54, 1.807) is 0 Å². The lowest BCUT2D eigenvalue weighted by molar-refractivity contribution is -0.147. The summed E-state index contributed by atoms with van der Waals surface area (Å²) in [6.07, 6.45) is 3.89. The van der Waals surface area contributed by atoms with Gasteiger partial charge in [0.2, 0.25) is 0 Å². The molecule has 0 radical (unpaired) electrons. The van der Waals surface area contributed by atoms with Crippen molar-refractivity contribution in [3.63, 3.8) is 0 Å². The van der Waals surface area contributed by atoms with Crippen LogP contribution in [0.15, 0.2) is 0 Å². The topological polar surface area (TPSA) is 49.3 Å². The van der Waals surface area contributed by atoms with Crippen LogP contribution in [0.25, 0.3) is 0 Å². The molecule has 0 bridgehead atoms. The normalized spacial score (nSPS) is 28.8. The molecule has 2 unspecified atom stereocenters. The van der Waals surface area contributed by atoms with Crippen molar-refractivity contribution in [2.45, 2.75) is 58.0 Å². The van der Waals surface area contributed by atoms with E-state index >= 15 is 0 Å². The van der Waals surface area contributed by atoms with Crippen LogP contribution in [-0.2, 0) is 4.79 Å². The zero-order chi connectivity index (χ0) is 12.9. The highest BCUT2D eigenvalue weighted by atomic mass is 32.2. The molecule has 0 amide bonds. The molecule has 17 heavy (non-hydrogen) atoms. The fourth-order valence-corrected chi connectivity index (χ4v) is 3.63. The van der Waals surface area contributed by atoms with Gasteiger partial charge in [0, 0.05) is 6.04 Å². The van der Waals surface area contributed by atoms with Gasteiger partial charge < -0.3 is 5.11 Å². The summed E-state index contributed by atoms with van der Waals surface area (Å²) in [5.41, 5.74) is -0.664. The quantitative estimate of drug-likeness (QED) is 0.690. The maximum absolute atomic E-state index is 11.6. The van der Waals surface area contributed by atoms with Crippen molar-refractivity contribution in [2.24, 2.45) is 5.92 Å². The molecule has 0 aromatic rings. The number of carbonyl (C=O) groups is 1. The third-order valence-electron chi connectivity index (χ3n) is 3.56. The highest BCUT2D eigenvalue weighted by molar-refractivity contribution is 7.99. The van der Waals surface area contributed by atoms with Crippen LogP contribution >= 0.6 is 11.8 Å². The van der Waals surface area contributed by atoms with E-state index in [0.29, 0.717) is 5.92 Å². The zero-order valence-corrected chi connectivity index (χ0v) is 12.0. The van der Waals surface area contributed by atoms with Crippen LogP contribution < -0.4 is 5.32 Å². The Morgan fingerprint density at radius 1 is 1.59 bits per heavy atom. The molecule has 100 valence electrons. The van der Waals surface area contributed by atoms with E-state index in [2.05, 4.69) is 12.2 Å². The Labute approximate surface area is 109 Å². The lowest BCUT2D eigenvalue weighted by Gasteiger charge is -2.34. The summed E-state index contributed by atoms with van der Waals surface area (Å²) in [5, 5.41) is 12.9. The van der Waals surface area contributed by atoms with Gasteiger partial charge in [-0.05, 0) is 50.5 Å². The minimum Gasteiger partial charge on any atom is -0.480 e. The van der Waals surface area contributed by atoms with Crippen molar-refractivity contribution in [1.82, 2.24) is 5.32 Å². The third-order valence-corrected chi connectivity index (χ3v) is 4.50. The van der Waals surface area contributed by atoms with Crippen molar-refractivity contribution < 1.29 is 9.90 Å². The SMILES string of the molecule is CCSCCC1CCCC1(NC(C)C)C(=O)O. The second-order valence-electron chi connectivity index (χ2n) is 5.15. The Morgan fingerprint density at radius 2 is 2.29 bits per heavy atom. The maximum Gasteiger partial charge on any atom is 0.324 e. The molecular formula is C13H25NO2S. The second kappa shape index (κ2) is 6.64. The monoisotopic (exact) mass is 259 g/mol. The zero-order valence-electron chi connectivity index (χ0n) is 11.2. The number of nitrogens with one attached hydrogen (secondary N) is 1. The first-order valence-electron chi connectivity index (χ1n) is 6.61. The predicted octanol–water partition coefficient (Wildman–Crippen LogP) is 2.75. The van der Waals surface area contributed by atoms with Crippen LogP contribution in [0.2, 0.25) is 0 Å². The number of carboxylic acid groups (broad SMARTS) is 1. The van der Waals surface area contributed by atoms with Gasteiger partial charge in [0.25, 0.3) is 0 Å². The number of carboxylic acids is 1. The molecule has 1 aliphatic carbocycles. The largest absolute Gasteiger partial charge is 0.480 e. The van der Waals surface area contributed by atoms with Crippen LogP contribution in [0.3, 0.4) is 0 Å². The van der Waals surface area contributed by atoms with Gasteiger partial charge in [-0.1, -0.05) is 13.3 Å². The van der Waals surface area contributed by atoms with Crippen LogP contribution in [0.1, 0.15) is 46.5 Å². The van der Waals surface area contributed by atoms with Crippen LogP contribution in [-0.4, -0.2) is 34.2 Å². The highest BCUT2D eigenvalue weighted by Gasteiger charge is 2.48. The maximum atomic E-state index is 11.6. The molecule has 1 fully saturated rings. The van der Waals surface area contributed by atoms with E-state index in [4.69, 9.17) is 0 Å². The van der Waals surface area contributed by atoms with E-state index < -0.39 is 11.5 Å². The molecule has 0 aromatic carbocycles. The summed E-state index contributed by atoms with van der Waals surface area (Å²) in [7, 11) is 0. The minimum atomic E-state index is -0.664. The fourth-order valence-electron chi connectivity index (χ4n) is 2.89. The molecule has 2 N–H and O–H groups in total. The molecular weight excluding hydrogens is 234 g/mol. The molecule has 0 aromatic heterocycles. The Bertz CT molecular complexity index is 258. The van der Waals surface area contributed by atoms with Crippen LogP contribution in [0.5, 0.6) is 0 Å². The van der Waals surface area contributed by atoms with Gasteiger partial charge in [0.05, 0.1) is 0 Å². The van der Waals surface area contributed by atoms with E-state index in [9.17, 15) is 9.90 Å². The number of hydrogen-bond donors (Lipinski definition) is 2. The van der Waals surface area contributed by atoms with Gasteiger partial charge in [-0.15, -0.1) is 0 Å².